The summed E-state index contributed by atoms with van der Waals surface area (Å²) in [5, 5.41) is 3.37. The van der Waals surface area contributed by atoms with Crippen LogP contribution >= 0.6 is 15.9 Å². The van der Waals surface area contributed by atoms with Gasteiger partial charge in [-0.05, 0) is 55.7 Å². The summed E-state index contributed by atoms with van der Waals surface area (Å²) in [6.45, 7) is 6.12. The average Bonchev–Trinajstić information content (AvgIpc) is 2.49. The summed E-state index contributed by atoms with van der Waals surface area (Å²) < 4.78 is 0.968. The molecule has 2 aromatic carbocycles. The highest BCUT2D eigenvalue weighted by atomic mass is 79.9. The van der Waals surface area contributed by atoms with Gasteiger partial charge in [0, 0.05) is 27.5 Å². The van der Waals surface area contributed by atoms with Crippen LogP contribution in [-0.4, -0.2) is 5.78 Å². The van der Waals surface area contributed by atoms with Crippen molar-refractivity contribution in [3.8, 4) is 0 Å². The van der Waals surface area contributed by atoms with Gasteiger partial charge in [-0.15, -0.1) is 0 Å². The molecule has 0 atom stereocenters. The summed E-state index contributed by atoms with van der Waals surface area (Å²) in [4.78, 5) is 12.3. The molecule has 0 amide bonds. The summed E-state index contributed by atoms with van der Waals surface area (Å²) in [5.74, 6) is 0.00383. The molecule has 2 aromatic rings. The van der Waals surface area contributed by atoms with Crippen LogP contribution in [0.5, 0.6) is 0 Å². The lowest BCUT2D eigenvalue weighted by molar-refractivity contribution is 0.104. The number of para-hydroxylation sites is 1. The predicted octanol–water partition coefficient (Wildman–Crippen LogP) is 5.52. The predicted molar refractivity (Wildman–Crippen MR) is 96.4 cm³/mol. The van der Waals surface area contributed by atoms with Gasteiger partial charge in [0.2, 0.25) is 0 Å². The van der Waals surface area contributed by atoms with E-state index in [1.54, 1.807) is 6.08 Å². The Morgan fingerprint density at radius 3 is 2.50 bits per heavy atom. The maximum atomic E-state index is 12.3. The van der Waals surface area contributed by atoms with E-state index >= 15 is 0 Å². The van der Waals surface area contributed by atoms with Crippen molar-refractivity contribution in [2.24, 2.45) is 0 Å². The van der Waals surface area contributed by atoms with Gasteiger partial charge in [0.05, 0.1) is 0 Å². The van der Waals surface area contributed by atoms with Crippen molar-refractivity contribution in [1.82, 2.24) is 0 Å². The molecule has 0 radical (unpaired) electrons. The number of aryl methyl sites for hydroxylation is 2. The van der Waals surface area contributed by atoms with Crippen LogP contribution in [0.2, 0.25) is 0 Å². The van der Waals surface area contributed by atoms with Crippen LogP contribution in [0.15, 0.2) is 58.7 Å². The van der Waals surface area contributed by atoms with Crippen molar-refractivity contribution in [1.29, 1.82) is 0 Å². The molecule has 0 saturated heterocycles. The zero-order chi connectivity index (χ0) is 16.1. The molecule has 0 aliphatic rings. The smallest absolute Gasteiger partial charge is 0.187 e. The van der Waals surface area contributed by atoms with Crippen molar-refractivity contribution in [2.45, 2.75) is 27.2 Å². The summed E-state index contributed by atoms with van der Waals surface area (Å²) in [7, 11) is 0. The normalized spacial score (nSPS) is 11.4. The van der Waals surface area contributed by atoms with Gasteiger partial charge in [0.25, 0.3) is 0 Å². The van der Waals surface area contributed by atoms with E-state index in [1.807, 2.05) is 31.2 Å². The third-order valence-electron chi connectivity index (χ3n) is 3.54. The maximum Gasteiger partial charge on any atom is 0.187 e. The number of nitrogens with one attached hydrogen (secondary N) is 1. The molecule has 0 aliphatic carbocycles. The quantitative estimate of drug-likeness (QED) is 0.563. The van der Waals surface area contributed by atoms with Crippen LogP contribution in [0.1, 0.15) is 35.3 Å². The Balaban J connectivity index is 2.20. The van der Waals surface area contributed by atoms with Gasteiger partial charge in [0.15, 0.2) is 5.78 Å². The standard InChI is InChI=1S/C19H20BrNO/c1-4-15-7-5-6-13(2)19(15)21-14(3)12-18(22)16-8-10-17(20)11-9-16/h5-12,21H,4H2,1-3H3/b14-12+. The molecule has 0 unspecified atom stereocenters. The van der Waals surface area contributed by atoms with Crippen molar-refractivity contribution >= 4 is 27.4 Å². The minimum Gasteiger partial charge on any atom is -0.359 e. The number of rotatable bonds is 5. The van der Waals surface area contributed by atoms with Crippen LogP contribution in [0, 0.1) is 6.92 Å². The van der Waals surface area contributed by atoms with E-state index in [0.717, 1.165) is 22.3 Å². The van der Waals surface area contributed by atoms with Gasteiger partial charge >= 0.3 is 0 Å². The molecule has 1 N–H and O–H groups in total. The van der Waals surface area contributed by atoms with Gasteiger partial charge < -0.3 is 5.32 Å². The maximum absolute atomic E-state index is 12.3. The van der Waals surface area contributed by atoms with E-state index in [2.05, 4.69) is 53.3 Å². The molecule has 114 valence electrons. The van der Waals surface area contributed by atoms with Gasteiger partial charge in [-0.25, -0.2) is 0 Å². The fraction of sp³-hybridized carbons (Fsp3) is 0.211. The van der Waals surface area contributed by atoms with Gasteiger partial charge in [0.1, 0.15) is 0 Å². The highest BCUT2D eigenvalue weighted by Gasteiger charge is 2.06. The first-order valence-electron chi connectivity index (χ1n) is 7.35. The van der Waals surface area contributed by atoms with E-state index in [1.165, 1.54) is 11.1 Å². The topological polar surface area (TPSA) is 29.1 Å². The molecule has 0 aromatic heterocycles. The van der Waals surface area contributed by atoms with E-state index in [0.29, 0.717) is 5.56 Å². The van der Waals surface area contributed by atoms with E-state index in [-0.39, 0.29) is 5.78 Å². The number of halogens is 1. The molecule has 0 aliphatic heterocycles. The Morgan fingerprint density at radius 1 is 1.18 bits per heavy atom. The second kappa shape index (κ2) is 7.41. The third kappa shape index (κ3) is 4.08. The van der Waals surface area contributed by atoms with Crippen molar-refractivity contribution in [3.05, 3.63) is 75.4 Å². The molecule has 0 fully saturated rings. The van der Waals surface area contributed by atoms with Gasteiger partial charge in [-0.3, -0.25) is 4.79 Å². The fourth-order valence-electron chi connectivity index (χ4n) is 2.33. The fourth-order valence-corrected chi connectivity index (χ4v) is 2.59. The number of hydrogen-bond acceptors (Lipinski definition) is 2. The first kappa shape index (κ1) is 16.5. The van der Waals surface area contributed by atoms with Gasteiger partial charge in [-0.1, -0.05) is 41.1 Å². The monoisotopic (exact) mass is 357 g/mol. The van der Waals surface area contributed by atoms with Crippen LogP contribution < -0.4 is 5.32 Å². The first-order valence-corrected chi connectivity index (χ1v) is 8.14. The Morgan fingerprint density at radius 2 is 1.86 bits per heavy atom. The van der Waals surface area contributed by atoms with Crippen LogP contribution in [0.3, 0.4) is 0 Å². The molecule has 22 heavy (non-hydrogen) atoms. The molecule has 0 bridgehead atoms. The van der Waals surface area contributed by atoms with Crippen molar-refractivity contribution < 1.29 is 4.79 Å². The molecular formula is C19H20BrNO. The molecule has 0 heterocycles. The zero-order valence-electron chi connectivity index (χ0n) is 13.1. The number of anilines is 1. The number of carbonyl (C=O) groups is 1. The second-order valence-corrected chi connectivity index (χ2v) is 6.20. The summed E-state index contributed by atoms with van der Waals surface area (Å²) in [5.41, 5.74) is 5.07. The highest BCUT2D eigenvalue weighted by Crippen LogP contribution is 2.22. The van der Waals surface area contributed by atoms with E-state index in [4.69, 9.17) is 0 Å². The lowest BCUT2D eigenvalue weighted by atomic mass is 10.1. The SMILES string of the molecule is CCc1cccc(C)c1N/C(C)=C/C(=O)c1ccc(Br)cc1. The lowest BCUT2D eigenvalue weighted by Crippen LogP contribution is -2.04. The van der Waals surface area contributed by atoms with Crippen LogP contribution in [0.4, 0.5) is 5.69 Å². The molecule has 0 spiro atoms. The molecular weight excluding hydrogens is 338 g/mol. The average molecular weight is 358 g/mol. The molecule has 2 nitrogen and oxygen atoms in total. The second-order valence-electron chi connectivity index (χ2n) is 5.29. The number of hydrogen-bond donors (Lipinski definition) is 1. The van der Waals surface area contributed by atoms with Gasteiger partial charge in [-0.2, -0.15) is 0 Å². The summed E-state index contributed by atoms with van der Waals surface area (Å²) in [6.07, 6.45) is 2.60. The van der Waals surface area contributed by atoms with Crippen LogP contribution in [0.25, 0.3) is 0 Å². The highest BCUT2D eigenvalue weighted by molar-refractivity contribution is 9.10. The molecule has 3 heteroatoms. The number of carbonyl (C=O) groups excluding carboxylic acids is 1. The Kier molecular flexibility index (Phi) is 5.56. The third-order valence-corrected chi connectivity index (χ3v) is 4.07. The zero-order valence-corrected chi connectivity index (χ0v) is 14.7. The molecule has 2 rings (SSSR count). The minimum absolute atomic E-state index is 0.00383. The van der Waals surface area contributed by atoms with Crippen molar-refractivity contribution in [3.63, 3.8) is 0 Å². The number of ketones is 1. The number of allylic oxidation sites excluding steroid dienone is 2. The number of benzene rings is 2. The van der Waals surface area contributed by atoms with Crippen molar-refractivity contribution in [2.75, 3.05) is 5.32 Å². The largest absolute Gasteiger partial charge is 0.359 e. The Bertz CT molecular complexity index is 702. The lowest BCUT2D eigenvalue weighted by Gasteiger charge is -2.14. The van der Waals surface area contributed by atoms with Crippen LogP contribution in [-0.2, 0) is 6.42 Å². The summed E-state index contributed by atoms with van der Waals surface area (Å²) >= 11 is 3.37. The Labute approximate surface area is 140 Å². The Hall–Kier alpha value is -1.87. The minimum atomic E-state index is 0.00383. The summed E-state index contributed by atoms with van der Waals surface area (Å²) in [6, 6.07) is 13.6. The van der Waals surface area contributed by atoms with E-state index in [9.17, 15) is 4.79 Å². The van der Waals surface area contributed by atoms with E-state index < -0.39 is 0 Å². The first-order chi connectivity index (χ1) is 10.5. The molecule has 0 saturated carbocycles.